The third kappa shape index (κ3) is 4.44. The van der Waals surface area contributed by atoms with Crippen molar-refractivity contribution in [1.29, 1.82) is 0 Å². The van der Waals surface area contributed by atoms with Gasteiger partial charge in [0.15, 0.2) is 0 Å². The van der Waals surface area contributed by atoms with Crippen LogP contribution in [-0.4, -0.2) is 22.8 Å². The number of nitrogens with zero attached hydrogens (tertiary/aromatic N) is 2. The summed E-state index contributed by atoms with van der Waals surface area (Å²) in [5.41, 5.74) is 5.69. The van der Waals surface area contributed by atoms with E-state index < -0.39 is 0 Å². The van der Waals surface area contributed by atoms with E-state index in [1.54, 1.807) is 7.11 Å². The Kier molecular flexibility index (Phi) is 4.65. The van der Waals surface area contributed by atoms with Gasteiger partial charge in [-0.05, 0) is 26.2 Å². The molecule has 98 valence electrons. The molecule has 0 aliphatic carbocycles. The molecule has 0 bridgehead atoms. The largest absolute Gasteiger partial charge is 0.373 e. The fourth-order valence-electron chi connectivity index (χ4n) is 1.59. The van der Waals surface area contributed by atoms with E-state index in [1.807, 2.05) is 13.8 Å². The Morgan fingerprint density at radius 3 is 2.53 bits per heavy atom. The average Bonchev–Trinajstić information content (AvgIpc) is 2.63. The Labute approximate surface area is 103 Å². The molecule has 1 aromatic heterocycles. The van der Waals surface area contributed by atoms with E-state index in [-0.39, 0.29) is 11.6 Å². The SMILES string of the molecule is COC(c1noc(CCC(C)(C)N)n1)C(C)C. The molecule has 0 radical (unpaired) electrons. The lowest BCUT2D eigenvalue weighted by atomic mass is 10.0. The zero-order chi connectivity index (χ0) is 13.1. The zero-order valence-electron chi connectivity index (χ0n) is 11.4. The number of hydrogen-bond acceptors (Lipinski definition) is 5. The van der Waals surface area contributed by atoms with E-state index in [2.05, 4.69) is 24.0 Å². The fourth-order valence-corrected chi connectivity index (χ4v) is 1.59. The molecule has 0 saturated carbocycles. The maximum atomic E-state index is 5.91. The summed E-state index contributed by atoms with van der Waals surface area (Å²) in [6.45, 7) is 8.09. The second kappa shape index (κ2) is 5.60. The smallest absolute Gasteiger partial charge is 0.226 e. The molecule has 1 rings (SSSR count). The van der Waals surface area contributed by atoms with Crippen molar-refractivity contribution in [3.05, 3.63) is 11.7 Å². The van der Waals surface area contributed by atoms with Gasteiger partial charge in [-0.3, -0.25) is 0 Å². The predicted molar refractivity (Wildman–Crippen MR) is 65.5 cm³/mol. The molecule has 0 aliphatic heterocycles. The Balaban J connectivity index is 2.64. The van der Waals surface area contributed by atoms with Gasteiger partial charge in [-0.1, -0.05) is 19.0 Å². The highest BCUT2D eigenvalue weighted by Crippen LogP contribution is 2.22. The number of ether oxygens (including phenoxy) is 1. The minimum atomic E-state index is -0.215. The van der Waals surface area contributed by atoms with Crippen LogP contribution in [0.3, 0.4) is 0 Å². The monoisotopic (exact) mass is 241 g/mol. The molecule has 0 aromatic carbocycles. The van der Waals surface area contributed by atoms with Crippen LogP contribution in [0.5, 0.6) is 0 Å². The van der Waals surface area contributed by atoms with Crippen molar-refractivity contribution in [2.45, 2.75) is 52.2 Å². The van der Waals surface area contributed by atoms with Gasteiger partial charge in [0.05, 0.1) is 0 Å². The first kappa shape index (κ1) is 14.1. The number of rotatable bonds is 6. The van der Waals surface area contributed by atoms with Gasteiger partial charge < -0.3 is 15.0 Å². The van der Waals surface area contributed by atoms with E-state index in [9.17, 15) is 0 Å². The molecule has 2 N–H and O–H groups in total. The summed E-state index contributed by atoms with van der Waals surface area (Å²) in [6.07, 6.45) is 1.40. The molecule has 1 heterocycles. The topological polar surface area (TPSA) is 74.2 Å². The Hall–Kier alpha value is -0.940. The highest BCUT2D eigenvalue weighted by Gasteiger charge is 2.22. The molecule has 0 fully saturated rings. The molecule has 1 aromatic rings. The highest BCUT2D eigenvalue weighted by molar-refractivity contribution is 4.93. The van der Waals surface area contributed by atoms with Gasteiger partial charge in [-0.15, -0.1) is 0 Å². The van der Waals surface area contributed by atoms with Crippen molar-refractivity contribution in [3.8, 4) is 0 Å². The second-order valence-electron chi connectivity index (χ2n) is 5.44. The summed E-state index contributed by atoms with van der Waals surface area (Å²) in [5, 5.41) is 3.96. The lowest BCUT2D eigenvalue weighted by Crippen LogP contribution is -2.32. The van der Waals surface area contributed by atoms with E-state index in [1.165, 1.54) is 0 Å². The number of aryl methyl sites for hydroxylation is 1. The molecule has 1 atom stereocenters. The highest BCUT2D eigenvalue weighted by atomic mass is 16.5. The van der Waals surface area contributed by atoms with E-state index >= 15 is 0 Å². The zero-order valence-corrected chi connectivity index (χ0v) is 11.4. The number of hydrogen-bond donors (Lipinski definition) is 1. The number of nitrogens with two attached hydrogens (primary N) is 1. The minimum Gasteiger partial charge on any atom is -0.373 e. The molecular weight excluding hydrogens is 218 g/mol. The van der Waals surface area contributed by atoms with E-state index in [0.717, 1.165) is 6.42 Å². The van der Waals surface area contributed by atoms with Crippen molar-refractivity contribution in [1.82, 2.24) is 10.1 Å². The molecule has 0 aliphatic rings. The molecule has 1 unspecified atom stereocenters. The fraction of sp³-hybridized carbons (Fsp3) is 0.833. The van der Waals surface area contributed by atoms with Crippen LogP contribution < -0.4 is 5.73 Å². The summed E-state index contributed by atoms with van der Waals surface area (Å²) >= 11 is 0. The molecule has 5 heteroatoms. The van der Waals surface area contributed by atoms with Crippen molar-refractivity contribution in [2.24, 2.45) is 11.7 Å². The van der Waals surface area contributed by atoms with Crippen LogP contribution in [0, 0.1) is 5.92 Å². The Morgan fingerprint density at radius 2 is 2.06 bits per heavy atom. The van der Waals surface area contributed by atoms with Gasteiger partial charge in [-0.2, -0.15) is 4.98 Å². The van der Waals surface area contributed by atoms with E-state index in [0.29, 0.717) is 24.1 Å². The Bertz CT molecular complexity index is 342. The first-order chi connectivity index (χ1) is 7.83. The Morgan fingerprint density at radius 1 is 1.41 bits per heavy atom. The van der Waals surface area contributed by atoms with Crippen molar-refractivity contribution < 1.29 is 9.26 Å². The van der Waals surface area contributed by atoms with Crippen LogP contribution in [0.1, 0.15) is 51.9 Å². The summed E-state index contributed by atoms with van der Waals surface area (Å²) < 4.78 is 10.5. The van der Waals surface area contributed by atoms with Crippen LogP contribution in [0.15, 0.2) is 4.52 Å². The first-order valence-corrected chi connectivity index (χ1v) is 5.97. The van der Waals surface area contributed by atoms with Crippen LogP contribution in [0.4, 0.5) is 0 Å². The average molecular weight is 241 g/mol. The number of aromatic nitrogens is 2. The number of methoxy groups -OCH3 is 1. The van der Waals surface area contributed by atoms with Gasteiger partial charge in [0.1, 0.15) is 6.10 Å². The molecule has 5 nitrogen and oxygen atoms in total. The molecule has 0 spiro atoms. The lowest BCUT2D eigenvalue weighted by molar-refractivity contribution is 0.0555. The minimum absolute atomic E-state index is 0.113. The summed E-state index contributed by atoms with van der Waals surface area (Å²) in [5.74, 6) is 1.56. The van der Waals surface area contributed by atoms with Crippen LogP contribution in [-0.2, 0) is 11.2 Å². The standard InChI is InChI=1S/C12H23N3O2/c1-8(2)10(16-5)11-14-9(17-15-11)6-7-12(3,4)13/h8,10H,6-7,13H2,1-5H3. The van der Waals surface area contributed by atoms with Crippen molar-refractivity contribution in [2.75, 3.05) is 7.11 Å². The predicted octanol–water partition coefficient (Wildman–Crippen LogP) is 2.08. The maximum Gasteiger partial charge on any atom is 0.226 e. The van der Waals surface area contributed by atoms with Gasteiger partial charge in [0.25, 0.3) is 0 Å². The van der Waals surface area contributed by atoms with Gasteiger partial charge in [0, 0.05) is 19.1 Å². The van der Waals surface area contributed by atoms with Gasteiger partial charge in [0.2, 0.25) is 11.7 Å². The maximum absolute atomic E-state index is 5.91. The van der Waals surface area contributed by atoms with Crippen LogP contribution in [0.25, 0.3) is 0 Å². The summed E-state index contributed by atoms with van der Waals surface area (Å²) in [4.78, 5) is 4.35. The van der Waals surface area contributed by atoms with Crippen LogP contribution >= 0.6 is 0 Å². The summed E-state index contributed by atoms with van der Waals surface area (Å²) in [7, 11) is 1.66. The van der Waals surface area contributed by atoms with Crippen molar-refractivity contribution >= 4 is 0 Å². The van der Waals surface area contributed by atoms with Crippen molar-refractivity contribution in [3.63, 3.8) is 0 Å². The second-order valence-corrected chi connectivity index (χ2v) is 5.44. The van der Waals surface area contributed by atoms with Gasteiger partial charge in [-0.25, -0.2) is 0 Å². The molecular formula is C12H23N3O2. The van der Waals surface area contributed by atoms with E-state index in [4.69, 9.17) is 15.0 Å². The first-order valence-electron chi connectivity index (χ1n) is 5.97. The third-order valence-corrected chi connectivity index (χ3v) is 2.58. The summed E-state index contributed by atoms with van der Waals surface area (Å²) in [6, 6.07) is 0. The molecule has 17 heavy (non-hydrogen) atoms. The quantitative estimate of drug-likeness (QED) is 0.825. The van der Waals surface area contributed by atoms with Crippen LogP contribution in [0.2, 0.25) is 0 Å². The lowest BCUT2D eigenvalue weighted by Gasteiger charge is -2.16. The normalized spacial score (nSPS) is 14.3. The third-order valence-electron chi connectivity index (χ3n) is 2.58. The van der Waals surface area contributed by atoms with Gasteiger partial charge >= 0.3 is 0 Å². The molecule has 0 saturated heterocycles. The molecule has 0 amide bonds.